The number of hydrogen-bond donors (Lipinski definition) is 1. The van der Waals surface area contributed by atoms with E-state index < -0.39 is 11.5 Å². The van der Waals surface area contributed by atoms with Gasteiger partial charge in [0.25, 0.3) is 5.91 Å². The molecular weight excluding hydrogens is 907 g/mol. The van der Waals surface area contributed by atoms with E-state index in [1.165, 1.54) is 12.7 Å². The molecule has 2 radical (unpaired) electrons. The number of allylic oxidation sites excluding steroid dienone is 2. The zero-order valence-electron chi connectivity index (χ0n) is 26.7. The largest absolute Gasteiger partial charge is 0.492 e. The third-order valence-corrected chi connectivity index (χ3v) is 7.08. The zero-order chi connectivity index (χ0) is 29.5. The van der Waals surface area contributed by atoms with Gasteiger partial charge in [0.05, 0.1) is 7.11 Å². The third-order valence-electron chi connectivity index (χ3n) is 7.08. The topological polar surface area (TPSA) is 93.5 Å². The van der Waals surface area contributed by atoms with E-state index in [2.05, 4.69) is 23.3 Å². The number of anilines is 1. The smallest absolute Gasteiger partial charge is 0.360 e. The van der Waals surface area contributed by atoms with Crippen molar-refractivity contribution >= 4 is 73.9 Å². The van der Waals surface area contributed by atoms with Gasteiger partial charge in [-0.25, -0.2) is 4.79 Å². The van der Waals surface area contributed by atoms with E-state index in [1.807, 2.05) is 38.9 Å². The number of amides is 1. The van der Waals surface area contributed by atoms with E-state index in [0.717, 1.165) is 43.8 Å². The second-order valence-electron chi connectivity index (χ2n) is 11.0. The van der Waals surface area contributed by atoms with Crippen molar-refractivity contribution in [3.63, 3.8) is 0 Å². The number of carbonyl (C=O) groups excluding carboxylic acids is 1. The second-order valence-corrected chi connectivity index (χ2v) is 11.0. The minimum absolute atomic E-state index is 0. The fourth-order valence-corrected chi connectivity index (χ4v) is 4.66. The number of likely N-dealkylation sites (N-methyl/N-ethyl adjacent to an activating group) is 1. The molecular formula is C32H41AgKN3O6U. The normalized spacial score (nSPS) is 13.2. The van der Waals surface area contributed by atoms with Crippen molar-refractivity contribution in [1.29, 1.82) is 0 Å². The van der Waals surface area contributed by atoms with Gasteiger partial charge in [-0.1, -0.05) is 11.6 Å². The number of carbonyl (C=O) groups is 1. The van der Waals surface area contributed by atoms with Crippen molar-refractivity contribution < 1.29 is 76.9 Å². The summed E-state index contributed by atoms with van der Waals surface area (Å²) in [6.45, 7) is 7.29. The molecule has 1 aromatic heterocycles. The van der Waals surface area contributed by atoms with Gasteiger partial charge in [-0.05, 0) is 96.2 Å². The summed E-state index contributed by atoms with van der Waals surface area (Å²) < 4.78 is 23.5. The monoisotopic (exact) mass is 947 g/mol. The third kappa shape index (κ3) is 11.7. The number of methoxy groups -OCH3 is 1. The van der Waals surface area contributed by atoms with Crippen LogP contribution in [0.25, 0.3) is 11.0 Å². The Kier molecular flexibility index (Phi) is 19.0. The number of nitrogens with one attached hydrogen (secondary N) is 1. The summed E-state index contributed by atoms with van der Waals surface area (Å²) in [7, 11) is 7.60. The van der Waals surface area contributed by atoms with Crippen LogP contribution in [0.1, 0.15) is 42.6 Å². The fraction of sp³-hybridized carbons (Fsp3) is 0.438. The molecule has 1 saturated heterocycles. The van der Waals surface area contributed by atoms with Gasteiger partial charge in [-0.2, -0.15) is 0 Å². The first kappa shape index (κ1) is 41.6. The number of fused-ring (bicyclic) bond motifs is 1. The van der Waals surface area contributed by atoms with E-state index in [-0.39, 0.29) is 122 Å². The second kappa shape index (κ2) is 20.1. The average molecular weight is 949 g/mol. The van der Waals surface area contributed by atoms with Crippen LogP contribution in [0.15, 0.2) is 57.3 Å². The molecule has 44 heavy (non-hydrogen) atoms. The van der Waals surface area contributed by atoms with E-state index in [0.29, 0.717) is 35.5 Å². The van der Waals surface area contributed by atoms with Gasteiger partial charge in [0, 0.05) is 135 Å². The molecule has 0 unspecified atom stereocenters. The predicted octanol–water partition coefficient (Wildman–Crippen LogP) is 4.59. The Labute approximate surface area is 342 Å². The molecule has 2 aromatic carbocycles. The first-order valence-electron chi connectivity index (χ1n) is 14.0. The number of piperidine rings is 1. The maximum Gasteiger partial charge on any atom is 0.360 e. The Morgan fingerprint density at radius 3 is 2.43 bits per heavy atom. The quantitative estimate of drug-likeness (QED) is 0.170. The Morgan fingerprint density at radius 2 is 1.80 bits per heavy atom. The Bertz CT molecular complexity index is 1470. The van der Waals surface area contributed by atoms with Crippen LogP contribution < -0.4 is 25.2 Å². The standard InChI is InChI=1S/C32H41N3O6.Ag.K.U/c1-21(2)7-8-22-19-24(10-11-27(22)39-18-17-34(3)4)31(36)33-26-20-23-9-12-28(30(38-6)29(23)41-32(26)37)40-25-13-15-35(5)16-14-25;;;/h7,9-12,19-20,25H,8,13-18H2,1-6H3,(H,33,36);;;. The molecule has 3 aromatic rings. The van der Waals surface area contributed by atoms with Gasteiger partial charge in [0.2, 0.25) is 5.75 Å². The van der Waals surface area contributed by atoms with E-state index in [1.54, 1.807) is 30.3 Å². The van der Waals surface area contributed by atoms with Crippen molar-refractivity contribution in [2.75, 3.05) is 59.8 Å². The van der Waals surface area contributed by atoms with Gasteiger partial charge in [-0.3, -0.25) is 4.79 Å². The molecule has 1 amide bonds. The van der Waals surface area contributed by atoms with Gasteiger partial charge < -0.3 is 33.7 Å². The maximum atomic E-state index is 13.2. The molecule has 1 fully saturated rings. The molecule has 1 aliphatic heterocycles. The van der Waals surface area contributed by atoms with Crippen molar-refractivity contribution in [3.05, 3.63) is 69.6 Å². The molecule has 0 aliphatic carbocycles. The molecule has 0 saturated carbocycles. The van der Waals surface area contributed by atoms with Gasteiger partial charge in [0.15, 0.2) is 11.3 Å². The predicted molar refractivity (Wildman–Crippen MR) is 168 cm³/mol. The molecule has 1 aliphatic rings. The first-order valence-corrected chi connectivity index (χ1v) is 14.0. The number of benzene rings is 2. The molecule has 1 N–H and O–H groups in total. The first-order chi connectivity index (χ1) is 19.6. The molecule has 4 rings (SSSR count). The minimum atomic E-state index is -0.672. The minimum Gasteiger partial charge on any atom is -0.492 e. The van der Waals surface area contributed by atoms with Crippen LogP contribution in [0.4, 0.5) is 5.69 Å². The van der Waals surface area contributed by atoms with Crippen LogP contribution in [-0.4, -0.2) is 128 Å². The van der Waals surface area contributed by atoms with E-state index in [9.17, 15) is 9.59 Å². The summed E-state index contributed by atoms with van der Waals surface area (Å²) in [5.74, 6) is 1.22. The van der Waals surface area contributed by atoms with E-state index in [4.69, 9.17) is 18.6 Å². The van der Waals surface area contributed by atoms with Crippen LogP contribution >= 0.6 is 0 Å². The molecule has 0 bridgehead atoms. The van der Waals surface area contributed by atoms with E-state index >= 15 is 0 Å². The van der Waals surface area contributed by atoms with Crippen LogP contribution in [0.5, 0.6) is 17.2 Å². The SMILES string of the molecule is COc1c(OC2CCN(C)CC2)ccc2cc(NC(=O)c3ccc(OCCN(C)C)c(CC=C(C)C)c3)c(=O)oc12.[Ag].[K].[U]. The van der Waals surface area contributed by atoms with Gasteiger partial charge in [-0.15, -0.1) is 0 Å². The number of nitrogens with zero attached hydrogens (tertiary/aromatic N) is 2. The van der Waals surface area contributed by atoms with Crippen LogP contribution in [0.3, 0.4) is 0 Å². The van der Waals surface area contributed by atoms with Gasteiger partial charge >= 0.3 is 5.63 Å². The summed E-state index contributed by atoms with van der Waals surface area (Å²) in [6, 6.07) is 10.5. The Balaban J connectivity index is 0.00000323. The Hall–Kier alpha value is -0.391. The number of hydrogen-bond acceptors (Lipinski definition) is 8. The average Bonchev–Trinajstić information content (AvgIpc) is 2.93. The number of rotatable bonds is 11. The summed E-state index contributed by atoms with van der Waals surface area (Å²) in [5, 5.41) is 3.34. The van der Waals surface area contributed by atoms with Crippen molar-refractivity contribution in [2.45, 2.75) is 39.2 Å². The summed E-state index contributed by atoms with van der Waals surface area (Å²) in [6.07, 6.45) is 4.60. The summed E-state index contributed by atoms with van der Waals surface area (Å²) >= 11 is 0. The summed E-state index contributed by atoms with van der Waals surface area (Å²) in [5.41, 5.74) is 2.14. The van der Waals surface area contributed by atoms with Crippen molar-refractivity contribution in [2.24, 2.45) is 0 Å². The summed E-state index contributed by atoms with van der Waals surface area (Å²) in [4.78, 5) is 30.5. The van der Waals surface area contributed by atoms with Crippen molar-refractivity contribution in [1.82, 2.24) is 9.80 Å². The number of ether oxygens (including phenoxy) is 3. The molecule has 236 valence electrons. The molecule has 9 nitrogen and oxygen atoms in total. The maximum absolute atomic E-state index is 13.2. The molecule has 12 heteroatoms. The fourth-order valence-electron chi connectivity index (χ4n) is 4.66. The number of likely N-dealkylation sites (tertiary alicyclic amines) is 1. The molecule has 0 atom stereocenters. The molecule has 0 spiro atoms. The van der Waals surface area contributed by atoms with Crippen LogP contribution in [0, 0.1) is 31.1 Å². The molecule has 2 heterocycles. The Morgan fingerprint density at radius 1 is 1.11 bits per heavy atom. The van der Waals surface area contributed by atoms with Crippen molar-refractivity contribution in [3.8, 4) is 17.2 Å². The van der Waals surface area contributed by atoms with Crippen LogP contribution in [-0.2, 0) is 28.8 Å². The van der Waals surface area contributed by atoms with Crippen LogP contribution in [0.2, 0.25) is 0 Å². The zero-order valence-corrected chi connectivity index (χ0v) is 35.5. The van der Waals surface area contributed by atoms with Gasteiger partial charge in [0.1, 0.15) is 24.1 Å².